The Morgan fingerprint density at radius 3 is 2.52 bits per heavy atom. The molecule has 1 aromatic carbocycles. The van der Waals surface area contributed by atoms with Gasteiger partial charge in [-0.25, -0.2) is 9.07 Å². The zero-order valence-corrected chi connectivity index (χ0v) is 16.0. The van der Waals surface area contributed by atoms with E-state index in [1.165, 1.54) is 12.1 Å². The van der Waals surface area contributed by atoms with Gasteiger partial charge in [0.2, 0.25) is 5.91 Å². The maximum absolute atomic E-state index is 13.3. The van der Waals surface area contributed by atoms with E-state index in [0.717, 1.165) is 11.3 Å². The first-order valence-electron chi connectivity index (χ1n) is 8.86. The summed E-state index contributed by atoms with van der Waals surface area (Å²) < 4.78 is 16.6. The Balaban J connectivity index is 1.81. The normalized spacial score (nSPS) is 11.6. The molecule has 0 aliphatic carbocycles. The average Bonchev–Trinajstić information content (AvgIpc) is 3.20. The first-order chi connectivity index (χ1) is 12.7. The van der Waals surface area contributed by atoms with Gasteiger partial charge in [-0.15, -0.1) is 0 Å². The maximum Gasteiger partial charge on any atom is 0.225 e. The van der Waals surface area contributed by atoms with Crippen LogP contribution in [-0.4, -0.2) is 25.5 Å². The first kappa shape index (κ1) is 18.8. The number of nitrogens with one attached hydrogen (secondary N) is 1. The lowest BCUT2D eigenvalue weighted by atomic mass is 9.92. The van der Waals surface area contributed by atoms with Crippen LogP contribution in [0.4, 0.5) is 10.2 Å². The zero-order chi connectivity index (χ0) is 19.6. The van der Waals surface area contributed by atoms with Crippen LogP contribution in [0.2, 0.25) is 0 Å². The lowest BCUT2D eigenvalue weighted by molar-refractivity contribution is -0.116. The van der Waals surface area contributed by atoms with Crippen molar-refractivity contribution in [1.29, 1.82) is 0 Å². The molecular weight excluding hydrogens is 345 g/mol. The Bertz CT molecular complexity index is 934. The fourth-order valence-electron chi connectivity index (χ4n) is 2.68. The van der Waals surface area contributed by atoms with Gasteiger partial charge in [-0.3, -0.25) is 9.48 Å². The van der Waals surface area contributed by atoms with Gasteiger partial charge in [0.05, 0.1) is 17.6 Å². The molecule has 0 spiro atoms. The third kappa shape index (κ3) is 4.61. The van der Waals surface area contributed by atoms with E-state index < -0.39 is 0 Å². The quantitative estimate of drug-likeness (QED) is 0.747. The average molecular weight is 369 g/mol. The molecule has 1 N–H and O–H groups in total. The van der Waals surface area contributed by atoms with Crippen molar-refractivity contribution < 1.29 is 9.18 Å². The zero-order valence-electron chi connectivity index (χ0n) is 16.0. The second-order valence-electron chi connectivity index (χ2n) is 7.62. The molecule has 0 saturated heterocycles. The van der Waals surface area contributed by atoms with Crippen molar-refractivity contribution in [3.8, 4) is 5.69 Å². The van der Waals surface area contributed by atoms with Crippen molar-refractivity contribution in [3.05, 3.63) is 59.8 Å². The minimum absolute atomic E-state index is 0.109. The SMILES string of the molecule is Cn1cc(CCC(=O)Nc2cc(C(C)(C)C)nn2-c2ccc(F)cc2)cn1. The predicted molar refractivity (Wildman–Crippen MR) is 102 cm³/mol. The summed E-state index contributed by atoms with van der Waals surface area (Å²) in [5, 5.41) is 11.7. The Kier molecular flexibility index (Phi) is 5.12. The number of carbonyl (C=O) groups is 1. The number of hydrogen-bond acceptors (Lipinski definition) is 3. The minimum Gasteiger partial charge on any atom is -0.311 e. The summed E-state index contributed by atoms with van der Waals surface area (Å²) >= 11 is 0. The lowest BCUT2D eigenvalue weighted by Crippen LogP contribution is -2.15. The summed E-state index contributed by atoms with van der Waals surface area (Å²) in [6, 6.07) is 7.90. The Morgan fingerprint density at radius 1 is 1.22 bits per heavy atom. The highest BCUT2D eigenvalue weighted by Crippen LogP contribution is 2.26. The van der Waals surface area contributed by atoms with Gasteiger partial charge in [-0.05, 0) is 36.2 Å². The number of aromatic nitrogens is 4. The van der Waals surface area contributed by atoms with Gasteiger partial charge in [0, 0.05) is 31.1 Å². The van der Waals surface area contributed by atoms with Crippen molar-refractivity contribution in [2.24, 2.45) is 7.05 Å². The maximum atomic E-state index is 13.3. The lowest BCUT2D eigenvalue weighted by Gasteiger charge is -2.14. The van der Waals surface area contributed by atoms with Gasteiger partial charge in [0.15, 0.2) is 0 Å². The van der Waals surface area contributed by atoms with E-state index in [-0.39, 0.29) is 17.1 Å². The molecule has 0 aliphatic heterocycles. The molecule has 2 heterocycles. The van der Waals surface area contributed by atoms with Crippen molar-refractivity contribution in [1.82, 2.24) is 19.6 Å². The van der Waals surface area contributed by atoms with Crippen LogP contribution in [0.15, 0.2) is 42.7 Å². The van der Waals surface area contributed by atoms with E-state index in [1.54, 1.807) is 27.7 Å². The van der Waals surface area contributed by atoms with E-state index in [1.807, 2.05) is 19.3 Å². The molecule has 0 fully saturated rings. The van der Waals surface area contributed by atoms with Crippen molar-refractivity contribution in [2.45, 2.75) is 39.0 Å². The molecule has 6 nitrogen and oxygen atoms in total. The largest absolute Gasteiger partial charge is 0.311 e. The molecule has 2 aromatic heterocycles. The third-order valence-corrected chi connectivity index (χ3v) is 4.22. The molecule has 0 saturated carbocycles. The Morgan fingerprint density at radius 2 is 1.93 bits per heavy atom. The highest BCUT2D eigenvalue weighted by Gasteiger charge is 2.21. The fourth-order valence-corrected chi connectivity index (χ4v) is 2.68. The van der Waals surface area contributed by atoms with Gasteiger partial charge >= 0.3 is 0 Å². The molecule has 27 heavy (non-hydrogen) atoms. The summed E-state index contributed by atoms with van der Waals surface area (Å²) in [5.74, 6) is 0.148. The van der Waals surface area contributed by atoms with Crippen LogP contribution in [0.5, 0.6) is 0 Å². The number of rotatable bonds is 5. The molecule has 0 bridgehead atoms. The van der Waals surface area contributed by atoms with Gasteiger partial charge < -0.3 is 5.32 Å². The van der Waals surface area contributed by atoms with Crippen LogP contribution < -0.4 is 5.32 Å². The molecule has 142 valence electrons. The summed E-state index contributed by atoms with van der Waals surface area (Å²) in [6.45, 7) is 6.16. The molecular formula is C20H24FN5O. The summed E-state index contributed by atoms with van der Waals surface area (Å²) in [6.07, 6.45) is 4.60. The number of hydrogen-bond donors (Lipinski definition) is 1. The summed E-state index contributed by atoms with van der Waals surface area (Å²) in [4.78, 5) is 12.4. The minimum atomic E-state index is -0.316. The van der Waals surface area contributed by atoms with Gasteiger partial charge in [-0.1, -0.05) is 20.8 Å². The molecule has 3 rings (SSSR count). The van der Waals surface area contributed by atoms with E-state index in [0.29, 0.717) is 24.3 Å². The van der Waals surface area contributed by atoms with Crippen LogP contribution in [0, 0.1) is 5.82 Å². The third-order valence-electron chi connectivity index (χ3n) is 4.22. The topological polar surface area (TPSA) is 64.7 Å². The van der Waals surface area contributed by atoms with E-state index in [4.69, 9.17) is 0 Å². The second-order valence-corrected chi connectivity index (χ2v) is 7.62. The van der Waals surface area contributed by atoms with Crippen molar-refractivity contribution in [3.63, 3.8) is 0 Å². The van der Waals surface area contributed by atoms with E-state index in [9.17, 15) is 9.18 Å². The highest BCUT2D eigenvalue weighted by molar-refractivity contribution is 5.90. The smallest absolute Gasteiger partial charge is 0.225 e. The van der Waals surface area contributed by atoms with Crippen LogP contribution >= 0.6 is 0 Å². The summed E-state index contributed by atoms with van der Waals surface area (Å²) in [5.41, 5.74) is 2.36. The van der Waals surface area contributed by atoms with Crippen LogP contribution in [0.1, 0.15) is 38.4 Å². The monoisotopic (exact) mass is 369 g/mol. The number of amides is 1. The number of carbonyl (C=O) groups excluding carboxylic acids is 1. The summed E-state index contributed by atoms with van der Waals surface area (Å²) in [7, 11) is 1.85. The molecule has 0 atom stereocenters. The predicted octanol–water partition coefficient (Wildman–Crippen LogP) is 3.61. The van der Waals surface area contributed by atoms with E-state index >= 15 is 0 Å². The van der Waals surface area contributed by atoms with E-state index in [2.05, 4.69) is 36.3 Å². The van der Waals surface area contributed by atoms with Crippen molar-refractivity contribution >= 4 is 11.7 Å². The second kappa shape index (κ2) is 7.34. The molecule has 3 aromatic rings. The molecule has 1 amide bonds. The number of benzene rings is 1. The molecule has 7 heteroatoms. The molecule has 0 unspecified atom stereocenters. The van der Waals surface area contributed by atoms with Crippen molar-refractivity contribution in [2.75, 3.05) is 5.32 Å². The number of aryl methyl sites for hydroxylation is 2. The number of halogens is 1. The van der Waals surface area contributed by atoms with Crippen LogP contribution in [0.3, 0.4) is 0 Å². The highest BCUT2D eigenvalue weighted by atomic mass is 19.1. The van der Waals surface area contributed by atoms with Gasteiger partial charge in [-0.2, -0.15) is 10.2 Å². The standard InChI is InChI=1S/C20H24FN5O/c1-20(2,3)17-11-18(26(24-17)16-8-6-15(21)7-9-16)23-19(27)10-5-14-12-22-25(4)13-14/h6-9,11-13H,5,10H2,1-4H3,(H,23,27). The first-order valence-corrected chi connectivity index (χ1v) is 8.86. The van der Waals surface area contributed by atoms with Gasteiger partial charge in [0.1, 0.15) is 11.6 Å². The number of anilines is 1. The molecule has 0 aliphatic rings. The van der Waals surface area contributed by atoms with Gasteiger partial charge in [0.25, 0.3) is 0 Å². The number of nitrogens with zero attached hydrogens (tertiary/aromatic N) is 4. The Hall–Kier alpha value is -2.96. The fraction of sp³-hybridized carbons (Fsp3) is 0.350. The molecule has 0 radical (unpaired) electrons. The van der Waals surface area contributed by atoms with Crippen LogP contribution in [0.25, 0.3) is 5.69 Å². The Labute approximate surface area is 158 Å². The van der Waals surface area contributed by atoms with Crippen LogP contribution in [-0.2, 0) is 23.7 Å².